The normalized spacial score (nSPS) is 19.7. The number of hydrogen-bond donors (Lipinski definition) is 2. The van der Waals surface area contributed by atoms with Crippen LogP contribution in [0.25, 0.3) is 22.2 Å². The van der Waals surface area contributed by atoms with Gasteiger partial charge in [0.05, 0.1) is 16.8 Å². The Morgan fingerprint density at radius 1 is 1.09 bits per heavy atom. The molecule has 2 N–H and O–H groups in total. The second kappa shape index (κ2) is 7.53. The quantitative estimate of drug-likeness (QED) is 0.508. The molecule has 2 saturated heterocycles. The number of nitrogens with one attached hydrogen (secondary N) is 1. The van der Waals surface area contributed by atoms with Crippen molar-refractivity contribution in [1.29, 1.82) is 0 Å². The van der Waals surface area contributed by atoms with Crippen molar-refractivity contribution in [3.05, 3.63) is 66.2 Å². The minimum absolute atomic E-state index is 0.0710. The van der Waals surface area contributed by atoms with Gasteiger partial charge in [-0.25, -0.2) is 0 Å². The molecular formula is C25H25N5O2. The van der Waals surface area contributed by atoms with Crippen molar-refractivity contribution in [2.45, 2.75) is 25.1 Å². The summed E-state index contributed by atoms with van der Waals surface area (Å²) in [6.07, 6.45) is 1.19. The predicted octanol–water partition coefficient (Wildman–Crippen LogP) is 3.47. The molecule has 2 fully saturated rings. The van der Waals surface area contributed by atoms with Crippen LogP contribution in [0.1, 0.15) is 12.0 Å². The molecule has 2 atom stereocenters. The van der Waals surface area contributed by atoms with E-state index in [0.717, 1.165) is 40.8 Å². The van der Waals surface area contributed by atoms with Gasteiger partial charge in [0, 0.05) is 43.7 Å². The maximum atomic E-state index is 10.0. The van der Waals surface area contributed by atoms with E-state index in [1.807, 2.05) is 48.1 Å². The molecule has 2 aliphatic rings. The zero-order valence-electron chi connectivity index (χ0n) is 17.9. The molecule has 2 bridgehead atoms. The highest BCUT2D eigenvalue weighted by Crippen LogP contribution is 2.40. The number of anilines is 1. The van der Waals surface area contributed by atoms with Crippen LogP contribution in [0.15, 0.2) is 60.7 Å². The van der Waals surface area contributed by atoms with E-state index in [-0.39, 0.29) is 5.88 Å². The smallest absolute Gasteiger partial charge is 0.226 e. The third-order valence-corrected chi connectivity index (χ3v) is 6.53. The van der Waals surface area contributed by atoms with E-state index in [1.54, 1.807) is 6.07 Å². The maximum Gasteiger partial charge on any atom is 0.226 e. The number of fused-ring (bicyclic) bond motifs is 3. The summed E-state index contributed by atoms with van der Waals surface area (Å²) in [5.41, 5.74) is 4.94. The largest absolute Gasteiger partial charge is 0.493 e. The Bertz CT molecular complexity index is 1290. The summed E-state index contributed by atoms with van der Waals surface area (Å²) in [4.78, 5) is 6.79. The van der Waals surface area contributed by atoms with Crippen LogP contribution >= 0.6 is 0 Å². The van der Waals surface area contributed by atoms with E-state index >= 15 is 0 Å². The number of aromatic nitrogens is 3. The lowest BCUT2D eigenvalue weighted by molar-refractivity contribution is 0.290. The minimum atomic E-state index is -0.0710. The highest BCUT2D eigenvalue weighted by atomic mass is 16.5. The van der Waals surface area contributed by atoms with Crippen molar-refractivity contribution >= 4 is 16.6 Å². The van der Waals surface area contributed by atoms with Gasteiger partial charge in [-0.3, -0.25) is 4.68 Å². The van der Waals surface area contributed by atoms with Gasteiger partial charge in [-0.15, -0.1) is 0 Å². The average Bonchev–Trinajstić information content (AvgIpc) is 3.53. The monoisotopic (exact) mass is 427 g/mol. The van der Waals surface area contributed by atoms with Crippen molar-refractivity contribution in [3.63, 3.8) is 0 Å². The Morgan fingerprint density at radius 2 is 1.97 bits per heavy atom. The summed E-state index contributed by atoms with van der Waals surface area (Å²) < 4.78 is 8.00. The Morgan fingerprint density at radius 3 is 2.75 bits per heavy atom. The van der Waals surface area contributed by atoms with Gasteiger partial charge in [0.2, 0.25) is 11.8 Å². The van der Waals surface area contributed by atoms with Gasteiger partial charge in [-0.2, -0.15) is 10.1 Å². The molecule has 7 nitrogen and oxygen atoms in total. The summed E-state index contributed by atoms with van der Waals surface area (Å²) >= 11 is 0. The molecule has 2 aromatic carbocycles. The summed E-state index contributed by atoms with van der Waals surface area (Å²) in [5.74, 6) is 0.307. The first-order valence-corrected chi connectivity index (χ1v) is 11.0. The van der Waals surface area contributed by atoms with Gasteiger partial charge in [0.1, 0.15) is 12.3 Å². The lowest BCUT2D eigenvalue weighted by Gasteiger charge is -2.30. The van der Waals surface area contributed by atoms with Crippen LogP contribution in [0, 0.1) is 0 Å². The first-order valence-electron chi connectivity index (χ1n) is 11.0. The van der Waals surface area contributed by atoms with Gasteiger partial charge in [0.15, 0.2) is 0 Å². The number of hydrogen-bond acceptors (Lipinski definition) is 6. The van der Waals surface area contributed by atoms with Gasteiger partial charge in [0.25, 0.3) is 0 Å². The number of ether oxygens (including phenoxy) is 1. The lowest BCUT2D eigenvalue weighted by atomic mass is 10.1. The van der Waals surface area contributed by atoms with E-state index in [9.17, 15) is 5.11 Å². The maximum absolute atomic E-state index is 10.0. The number of rotatable bonds is 5. The first-order chi connectivity index (χ1) is 15.7. The SMILES string of the molecule is Cn1nc(-c2ccc(O)nc2OCc2ccccc2)c2cccc(N3C[C@H]4C[C@@H]3CN4)c21. The van der Waals surface area contributed by atoms with E-state index in [1.165, 1.54) is 12.1 Å². The highest BCUT2D eigenvalue weighted by Gasteiger charge is 2.38. The van der Waals surface area contributed by atoms with Crippen molar-refractivity contribution in [2.24, 2.45) is 7.05 Å². The van der Waals surface area contributed by atoms with E-state index in [4.69, 9.17) is 9.84 Å². The average molecular weight is 428 g/mol. The van der Waals surface area contributed by atoms with Crippen LogP contribution in [-0.4, -0.2) is 45.0 Å². The molecule has 7 heteroatoms. The molecular weight excluding hydrogens is 402 g/mol. The Kier molecular flexibility index (Phi) is 4.50. The van der Waals surface area contributed by atoms with E-state index in [2.05, 4.69) is 33.4 Å². The van der Waals surface area contributed by atoms with Gasteiger partial charge in [-0.1, -0.05) is 42.5 Å². The molecule has 0 saturated carbocycles. The second-order valence-electron chi connectivity index (χ2n) is 8.59. The third kappa shape index (κ3) is 3.17. The van der Waals surface area contributed by atoms with Crippen molar-refractivity contribution in [1.82, 2.24) is 20.1 Å². The topological polar surface area (TPSA) is 75.4 Å². The van der Waals surface area contributed by atoms with Crippen LogP contribution in [0.4, 0.5) is 5.69 Å². The van der Waals surface area contributed by atoms with E-state index in [0.29, 0.717) is 24.6 Å². The third-order valence-electron chi connectivity index (χ3n) is 6.53. The number of piperazine rings is 1. The number of benzene rings is 2. The summed E-state index contributed by atoms with van der Waals surface area (Å²) in [6, 6.07) is 20.8. The van der Waals surface area contributed by atoms with Crippen molar-refractivity contribution < 1.29 is 9.84 Å². The summed E-state index contributed by atoms with van der Waals surface area (Å²) in [5, 5.41) is 19.5. The molecule has 4 aromatic rings. The van der Waals surface area contributed by atoms with Gasteiger partial charge in [-0.05, 0) is 24.1 Å². The Labute approximate surface area is 186 Å². The second-order valence-corrected chi connectivity index (χ2v) is 8.59. The lowest BCUT2D eigenvalue weighted by Crippen LogP contribution is -2.43. The standard InChI is InChI=1S/C25H25N5O2/c1-29-24-19(8-5-9-21(24)30-14-17-12-18(30)13-26-17)23(28-29)20-10-11-22(31)27-25(20)32-15-16-6-3-2-4-7-16/h2-11,17-18,26H,12-15H2,1H3,(H,27,31)/t17-,18-/m1/s1. The molecule has 2 aromatic heterocycles. The first kappa shape index (κ1) is 19.1. The minimum Gasteiger partial charge on any atom is -0.493 e. The number of para-hydroxylation sites is 1. The highest BCUT2D eigenvalue weighted by molar-refractivity contribution is 6.01. The van der Waals surface area contributed by atoms with Crippen LogP contribution in [0.5, 0.6) is 11.8 Å². The molecule has 0 unspecified atom stereocenters. The fourth-order valence-electron chi connectivity index (χ4n) is 5.05. The Balaban J connectivity index is 1.42. The molecule has 0 radical (unpaired) electrons. The number of pyridine rings is 1. The molecule has 0 amide bonds. The summed E-state index contributed by atoms with van der Waals surface area (Å²) in [6.45, 7) is 2.42. The molecule has 4 heterocycles. The number of nitrogens with zero attached hydrogens (tertiary/aromatic N) is 4. The van der Waals surface area contributed by atoms with E-state index < -0.39 is 0 Å². The van der Waals surface area contributed by atoms with Crippen molar-refractivity contribution in [2.75, 3.05) is 18.0 Å². The van der Waals surface area contributed by atoms with Gasteiger partial charge < -0.3 is 20.1 Å². The molecule has 162 valence electrons. The fraction of sp³-hybridized carbons (Fsp3) is 0.280. The number of aryl methyl sites for hydroxylation is 1. The molecule has 6 rings (SSSR count). The van der Waals surface area contributed by atoms with Crippen LogP contribution in [0.2, 0.25) is 0 Å². The zero-order valence-corrected chi connectivity index (χ0v) is 17.9. The molecule has 0 aliphatic carbocycles. The van der Waals surface area contributed by atoms with Crippen LogP contribution in [0.3, 0.4) is 0 Å². The predicted molar refractivity (Wildman–Crippen MR) is 124 cm³/mol. The molecule has 0 spiro atoms. The van der Waals surface area contributed by atoms with Crippen LogP contribution < -0.4 is 15.0 Å². The summed E-state index contributed by atoms with van der Waals surface area (Å²) in [7, 11) is 1.99. The fourth-order valence-corrected chi connectivity index (χ4v) is 5.05. The molecule has 2 aliphatic heterocycles. The van der Waals surface area contributed by atoms with Gasteiger partial charge >= 0.3 is 0 Å². The Hall–Kier alpha value is -3.58. The van der Waals surface area contributed by atoms with Crippen LogP contribution in [-0.2, 0) is 13.7 Å². The molecule has 32 heavy (non-hydrogen) atoms. The zero-order chi connectivity index (χ0) is 21.7. The van der Waals surface area contributed by atoms with Crippen molar-refractivity contribution in [3.8, 4) is 23.0 Å². The number of aromatic hydroxyl groups is 1.